The number of aromatic carboxylic acids is 1. The SMILES string of the molecule is O=C(O)c1ccccc1-c1cc(-c2cc(Br)ccc2Br)n[nH]1. The number of rotatable bonds is 3. The Hall–Kier alpha value is -1.92. The zero-order chi connectivity index (χ0) is 15.7. The summed E-state index contributed by atoms with van der Waals surface area (Å²) in [5.74, 6) is -0.963. The zero-order valence-electron chi connectivity index (χ0n) is 11.2. The highest BCUT2D eigenvalue weighted by molar-refractivity contribution is 9.11. The molecule has 4 nitrogen and oxygen atoms in total. The fourth-order valence-corrected chi connectivity index (χ4v) is 3.01. The van der Waals surface area contributed by atoms with Crippen molar-refractivity contribution >= 4 is 37.8 Å². The Morgan fingerprint density at radius 3 is 2.59 bits per heavy atom. The van der Waals surface area contributed by atoms with E-state index < -0.39 is 5.97 Å². The van der Waals surface area contributed by atoms with Crippen LogP contribution in [0.25, 0.3) is 22.5 Å². The molecule has 0 saturated carbocycles. The summed E-state index contributed by atoms with van der Waals surface area (Å²) in [5, 5.41) is 16.5. The highest BCUT2D eigenvalue weighted by Gasteiger charge is 2.14. The molecular weight excluding hydrogens is 412 g/mol. The maximum absolute atomic E-state index is 11.3. The predicted octanol–water partition coefficient (Wildman–Crippen LogP) is 4.97. The molecule has 22 heavy (non-hydrogen) atoms. The van der Waals surface area contributed by atoms with Gasteiger partial charge in [0.2, 0.25) is 0 Å². The third-order valence-electron chi connectivity index (χ3n) is 3.23. The molecule has 0 aliphatic carbocycles. The molecule has 3 aromatic rings. The number of carbonyl (C=O) groups is 1. The molecule has 110 valence electrons. The summed E-state index contributed by atoms with van der Waals surface area (Å²) >= 11 is 6.94. The Bertz CT molecular complexity index is 859. The van der Waals surface area contributed by atoms with Crippen molar-refractivity contribution in [1.82, 2.24) is 10.2 Å². The zero-order valence-corrected chi connectivity index (χ0v) is 14.3. The van der Waals surface area contributed by atoms with Gasteiger partial charge in [-0.2, -0.15) is 5.10 Å². The van der Waals surface area contributed by atoms with E-state index in [4.69, 9.17) is 0 Å². The lowest BCUT2D eigenvalue weighted by atomic mass is 10.0. The van der Waals surface area contributed by atoms with E-state index in [2.05, 4.69) is 42.1 Å². The minimum Gasteiger partial charge on any atom is -0.478 e. The number of benzene rings is 2. The first-order chi connectivity index (χ1) is 10.6. The van der Waals surface area contributed by atoms with Gasteiger partial charge in [-0.1, -0.05) is 50.1 Å². The fraction of sp³-hybridized carbons (Fsp3) is 0. The Balaban J connectivity index is 2.09. The molecule has 1 heterocycles. The summed E-state index contributed by atoms with van der Waals surface area (Å²) in [4.78, 5) is 11.3. The predicted molar refractivity (Wildman–Crippen MR) is 91.8 cm³/mol. The molecule has 0 aliphatic heterocycles. The van der Waals surface area contributed by atoms with Crippen molar-refractivity contribution in [3.8, 4) is 22.5 Å². The number of nitrogens with one attached hydrogen (secondary N) is 1. The standard InChI is InChI=1S/C16H10Br2N2O2/c17-9-5-6-13(18)12(7-9)15-8-14(19-20-15)10-3-1-2-4-11(10)16(21)22/h1-8H,(H,19,20)(H,21,22). The number of carboxylic acids is 1. The van der Waals surface area contributed by atoms with Crippen LogP contribution in [0.15, 0.2) is 57.5 Å². The van der Waals surface area contributed by atoms with Gasteiger partial charge in [0.15, 0.2) is 0 Å². The minimum atomic E-state index is -0.963. The third kappa shape index (κ3) is 2.84. The van der Waals surface area contributed by atoms with Crippen LogP contribution < -0.4 is 0 Å². The van der Waals surface area contributed by atoms with E-state index in [1.165, 1.54) is 0 Å². The van der Waals surface area contributed by atoms with Gasteiger partial charge in [0, 0.05) is 20.1 Å². The van der Waals surface area contributed by atoms with Crippen LogP contribution in [0.2, 0.25) is 0 Å². The van der Waals surface area contributed by atoms with E-state index in [1.54, 1.807) is 24.3 Å². The Labute approximate surface area is 143 Å². The summed E-state index contributed by atoms with van der Waals surface area (Å²) in [7, 11) is 0. The van der Waals surface area contributed by atoms with Crippen molar-refractivity contribution in [3.63, 3.8) is 0 Å². The van der Waals surface area contributed by atoms with Crippen molar-refractivity contribution in [2.45, 2.75) is 0 Å². The lowest BCUT2D eigenvalue weighted by Gasteiger charge is -2.02. The van der Waals surface area contributed by atoms with Crippen LogP contribution in [0.4, 0.5) is 0 Å². The molecule has 1 aromatic heterocycles. The van der Waals surface area contributed by atoms with Gasteiger partial charge in [0.25, 0.3) is 0 Å². The molecule has 0 atom stereocenters. The monoisotopic (exact) mass is 420 g/mol. The van der Waals surface area contributed by atoms with Gasteiger partial charge in [-0.15, -0.1) is 0 Å². The average molecular weight is 422 g/mol. The maximum atomic E-state index is 11.3. The smallest absolute Gasteiger partial charge is 0.336 e. The second kappa shape index (κ2) is 6.06. The summed E-state index contributed by atoms with van der Waals surface area (Å²) in [6.07, 6.45) is 0. The average Bonchev–Trinajstić information content (AvgIpc) is 2.99. The largest absolute Gasteiger partial charge is 0.478 e. The van der Waals surface area contributed by atoms with E-state index in [1.807, 2.05) is 24.3 Å². The normalized spacial score (nSPS) is 10.6. The third-order valence-corrected chi connectivity index (χ3v) is 4.41. The lowest BCUT2D eigenvalue weighted by Crippen LogP contribution is -1.98. The van der Waals surface area contributed by atoms with Gasteiger partial charge in [-0.25, -0.2) is 4.79 Å². The molecule has 6 heteroatoms. The maximum Gasteiger partial charge on any atom is 0.336 e. The molecule has 0 spiro atoms. The molecule has 0 saturated heterocycles. The van der Waals surface area contributed by atoms with Crippen molar-refractivity contribution < 1.29 is 9.90 Å². The van der Waals surface area contributed by atoms with Gasteiger partial charge >= 0.3 is 5.97 Å². The number of nitrogens with zero attached hydrogens (tertiary/aromatic N) is 1. The molecule has 0 aliphatic rings. The number of H-pyrrole nitrogens is 1. The number of hydrogen-bond acceptors (Lipinski definition) is 2. The Morgan fingerprint density at radius 2 is 1.82 bits per heavy atom. The molecule has 2 aromatic carbocycles. The highest BCUT2D eigenvalue weighted by atomic mass is 79.9. The van der Waals surface area contributed by atoms with Crippen LogP contribution in [-0.2, 0) is 0 Å². The Morgan fingerprint density at radius 1 is 1.05 bits per heavy atom. The van der Waals surface area contributed by atoms with Crippen molar-refractivity contribution in [2.24, 2.45) is 0 Å². The van der Waals surface area contributed by atoms with Crippen LogP contribution >= 0.6 is 31.9 Å². The second-order valence-electron chi connectivity index (χ2n) is 4.64. The Kier molecular flexibility index (Phi) is 4.13. The second-order valence-corrected chi connectivity index (χ2v) is 6.41. The number of aromatic amines is 1. The fourth-order valence-electron chi connectivity index (χ4n) is 2.20. The summed E-state index contributed by atoms with van der Waals surface area (Å²) in [5.41, 5.74) is 3.18. The molecule has 0 radical (unpaired) electrons. The molecule has 2 N–H and O–H groups in total. The number of hydrogen-bond donors (Lipinski definition) is 2. The van der Waals surface area contributed by atoms with Gasteiger partial charge in [-0.05, 0) is 30.3 Å². The van der Waals surface area contributed by atoms with Gasteiger partial charge in [0.05, 0.1) is 17.0 Å². The molecule has 3 rings (SSSR count). The van der Waals surface area contributed by atoms with Crippen LogP contribution in [0, 0.1) is 0 Å². The van der Waals surface area contributed by atoms with Crippen molar-refractivity contribution in [3.05, 3.63) is 63.0 Å². The molecule has 0 unspecified atom stereocenters. The lowest BCUT2D eigenvalue weighted by molar-refractivity contribution is 0.0697. The summed E-state index contributed by atoms with van der Waals surface area (Å²) < 4.78 is 1.86. The van der Waals surface area contributed by atoms with E-state index in [9.17, 15) is 9.90 Å². The molecular formula is C16H10Br2N2O2. The number of aromatic nitrogens is 2. The van der Waals surface area contributed by atoms with Crippen molar-refractivity contribution in [2.75, 3.05) is 0 Å². The van der Waals surface area contributed by atoms with Crippen molar-refractivity contribution in [1.29, 1.82) is 0 Å². The minimum absolute atomic E-state index is 0.242. The summed E-state index contributed by atoms with van der Waals surface area (Å²) in [6.45, 7) is 0. The van der Waals surface area contributed by atoms with Crippen LogP contribution in [0.1, 0.15) is 10.4 Å². The topological polar surface area (TPSA) is 66.0 Å². The van der Waals surface area contributed by atoms with Gasteiger partial charge in [0.1, 0.15) is 0 Å². The number of halogens is 2. The van der Waals surface area contributed by atoms with E-state index >= 15 is 0 Å². The van der Waals surface area contributed by atoms with Gasteiger partial charge in [-0.3, -0.25) is 5.10 Å². The molecule has 0 amide bonds. The summed E-state index contributed by atoms with van der Waals surface area (Å²) in [6, 6.07) is 14.5. The molecule has 0 bridgehead atoms. The van der Waals surface area contributed by atoms with Crippen LogP contribution in [0.3, 0.4) is 0 Å². The van der Waals surface area contributed by atoms with E-state index in [0.717, 1.165) is 20.2 Å². The first-order valence-corrected chi connectivity index (χ1v) is 7.98. The molecule has 0 fully saturated rings. The number of carboxylic acid groups (broad SMARTS) is 1. The van der Waals surface area contributed by atoms with Crippen LogP contribution in [0.5, 0.6) is 0 Å². The highest BCUT2D eigenvalue weighted by Crippen LogP contribution is 2.32. The van der Waals surface area contributed by atoms with Crippen LogP contribution in [-0.4, -0.2) is 21.3 Å². The quantitative estimate of drug-likeness (QED) is 0.627. The van der Waals surface area contributed by atoms with E-state index in [-0.39, 0.29) is 5.56 Å². The van der Waals surface area contributed by atoms with Gasteiger partial charge < -0.3 is 5.11 Å². The first kappa shape index (κ1) is 15.0. The van der Waals surface area contributed by atoms with E-state index in [0.29, 0.717) is 11.3 Å². The first-order valence-electron chi connectivity index (χ1n) is 6.40.